The van der Waals surface area contributed by atoms with Gasteiger partial charge in [0.15, 0.2) is 5.78 Å². The summed E-state index contributed by atoms with van der Waals surface area (Å²) in [6.07, 6.45) is 0. The fraction of sp³-hybridized carbons (Fsp3) is 0.167. The molecule has 0 saturated heterocycles. The Labute approximate surface area is 87.9 Å². The smallest absolute Gasteiger partial charge is 0.161 e. The van der Waals surface area contributed by atoms with Crippen molar-refractivity contribution in [1.82, 2.24) is 4.98 Å². The maximum Gasteiger partial charge on any atom is 0.161 e. The Morgan fingerprint density at radius 3 is 2.73 bits per heavy atom. The predicted octanol–water partition coefficient (Wildman–Crippen LogP) is 2.33. The highest BCUT2D eigenvalue weighted by atomic mass is 16.1. The molecular weight excluding hydrogens is 188 g/mol. The number of ketones is 1. The number of nitrogens with zero attached hydrogens (tertiary/aromatic N) is 1. The summed E-state index contributed by atoms with van der Waals surface area (Å²) < 4.78 is 0. The van der Waals surface area contributed by atoms with E-state index in [0.29, 0.717) is 11.3 Å². The molecule has 15 heavy (non-hydrogen) atoms. The molecule has 0 aliphatic heterocycles. The summed E-state index contributed by atoms with van der Waals surface area (Å²) >= 11 is 0. The summed E-state index contributed by atoms with van der Waals surface area (Å²) in [6, 6.07) is 7.36. The number of carbonyl (C=O) groups is 1. The summed E-state index contributed by atoms with van der Waals surface area (Å²) in [7, 11) is 0. The number of anilines is 1. The molecule has 0 unspecified atom stereocenters. The minimum atomic E-state index is 0.0405. The van der Waals surface area contributed by atoms with Gasteiger partial charge in [0.2, 0.25) is 0 Å². The largest absolute Gasteiger partial charge is 0.399 e. The number of fused-ring (bicyclic) bond motifs is 1. The van der Waals surface area contributed by atoms with Crippen LogP contribution in [0.4, 0.5) is 5.69 Å². The van der Waals surface area contributed by atoms with E-state index in [9.17, 15) is 4.79 Å². The number of Topliss-reactive ketones (excluding diaryl/α,β-unsaturated/α-hetero) is 1. The first-order valence-corrected chi connectivity index (χ1v) is 4.76. The lowest BCUT2D eigenvalue weighted by atomic mass is 10.1. The van der Waals surface area contributed by atoms with Crippen molar-refractivity contribution in [2.45, 2.75) is 13.8 Å². The zero-order valence-electron chi connectivity index (χ0n) is 8.74. The van der Waals surface area contributed by atoms with E-state index < -0.39 is 0 Å². The third kappa shape index (κ3) is 1.68. The van der Waals surface area contributed by atoms with Gasteiger partial charge in [0.25, 0.3) is 0 Å². The molecule has 1 aromatic carbocycles. The highest BCUT2D eigenvalue weighted by molar-refractivity contribution is 5.98. The van der Waals surface area contributed by atoms with Gasteiger partial charge in [0, 0.05) is 22.3 Å². The first-order valence-electron chi connectivity index (χ1n) is 4.76. The minimum absolute atomic E-state index is 0.0405. The number of pyridine rings is 1. The van der Waals surface area contributed by atoms with Crippen molar-refractivity contribution in [2.75, 3.05) is 5.73 Å². The normalized spacial score (nSPS) is 10.5. The maximum atomic E-state index is 11.3. The van der Waals surface area contributed by atoms with E-state index in [1.807, 2.05) is 31.2 Å². The second-order valence-electron chi connectivity index (χ2n) is 3.63. The van der Waals surface area contributed by atoms with Crippen LogP contribution in [0.25, 0.3) is 10.9 Å². The second kappa shape index (κ2) is 3.35. The van der Waals surface area contributed by atoms with Crippen LogP contribution < -0.4 is 5.73 Å². The van der Waals surface area contributed by atoms with Gasteiger partial charge in [-0.1, -0.05) is 6.07 Å². The van der Waals surface area contributed by atoms with E-state index in [-0.39, 0.29) is 5.78 Å². The molecule has 2 N–H and O–H groups in total. The van der Waals surface area contributed by atoms with Gasteiger partial charge in [0.05, 0.1) is 5.52 Å². The Morgan fingerprint density at radius 1 is 1.33 bits per heavy atom. The summed E-state index contributed by atoms with van der Waals surface area (Å²) in [6.45, 7) is 3.38. The fourth-order valence-corrected chi connectivity index (χ4v) is 1.64. The van der Waals surface area contributed by atoms with E-state index in [2.05, 4.69) is 4.98 Å². The Hall–Kier alpha value is -1.90. The fourth-order valence-electron chi connectivity index (χ4n) is 1.64. The summed E-state index contributed by atoms with van der Waals surface area (Å²) in [5, 5.41) is 0.944. The van der Waals surface area contributed by atoms with Crippen molar-refractivity contribution in [3.05, 3.63) is 35.5 Å². The van der Waals surface area contributed by atoms with Gasteiger partial charge in [-0.15, -0.1) is 0 Å². The van der Waals surface area contributed by atoms with Gasteiger partial charge in [-0.25, -0.2) is 0 Å². The van der Waals surface area contributed by atoms with E-state index in [1.165, 1.54) is 0 Å². The third-order valence-corrected chi connectivity index (χ3v) is 2.41. The lowest BCUT2D eigenvalue weighted by Gasteiger charge is -2.04. The second-order valence-corrected chi connectivity index (χ2v) is 3.63. The van der Waals surface area contributed by atoms with E-state index in [4.69, 9.17) is 5.73 Å². The lowest BCUT2D eigenvalue weighted by Crippen LogP contribution is -1.99. The summed E-state index contributed by atoms with van der Waals surface area (Å²) in [5.41, 5.74) is 8.60. The molecule has 0 bridgehead atoms. The van der Waals surface area contributed by atoms with Crippen LogP contribution in [-0.2, 0) is 0 Å². The van der Waals surface area contributed by atoms with Crippen LogP contribution in [0, 0.1) is 6.92 Å². The maximum absolute atomic E-state index is 11.3. The van der Waals surface area contributed by atoms with Crippen molar-refractivity contribution in [2.24, 2.45) is 0 Å². The molecule has 0 atom stereocenters. The first kappa shape index (κ1) is 9.65. The number of aryl methyl sites for hydroxylation is 1. The third-order valence-electron chi connectivity index (χ3n) is 2.41. The number of aromatic nitrogens is 1. The molecule has 0 saturated carbocycles. The summed E-state index contributed by atoms with van der Waals surface area (Å²) in [5.74, 6) is 0.0405. The zero-order valence-corrected chi connectivity index (χ0v) is 8.74. The van der Waals surface area contributed by atoms with E-state index >= 15 is 0 Å². The molecule has 1 heterocycles. The monoisotopic (exact) mass is 200 g/mol. The molecule has 0 aliphatic carbocycles. The van der Waals surface area contributed by atoms with Gasteiger partial charge in [-0.3, -0.25) is 9.78 Å². The number of hydrogen-bond donors (Lipinski definition) is 1. The highest BCUT2D eigenvalue weighted by Crippen LogP contribution is 2.19. The predicted molar refractivity (Wildman–Crippen MR) is 60.9 cm³/mol. The lowest BCUT2D eigenvalue weighted by molar-refractivity contribution is 0.101. The van der Waals surface area contributed by atoms with Crippen molar-refractivity contribution in [1.29, 1.82) is 0 Å². The van der Waals surface area contributed by atoms with Crippen molar-refractivity contribution < 1.29 is 4.79 Å². The minimum Gasteiger partial charge on any atom is -0.399 e. The molecule has 1 aromatic heterocycles. The Kier molecular flexibility index (Phi) is 2.15. The molecule has 0 radical (unpaired) electrons. The van der Waals surface area contributed by atoms with Crippen LogP contribution in [0.2, 0.25) is 0 Å². The summed E-state index contributed by atoms with van der Waals surface area (Å²) in [4.78, 5) is 15.7. The topological polar surface area (TPSA) is 56.0 Å². The quantitative estimate of drug-likeness (QED) is 0.567. The number of benzene rings is 1. The van der Waals surface area contributed by atoms with Gasteiger partial charge in [-0.2, -0.15) is 0 Å². The zero-order chi connectivity index (χ0) is 11.0. The molecule has 0 fully saturated rings. The molecular formula is C12H12N2O. The standard InChI is InChI=1S/C12H12N2O/c1-7-11(8(2)15)5-9-3-4-10(13)6-12(9)14-7/h3-6H,13H2,1-2H3. The Morgan fingerprint density at radius 2 is 2.07 bits per heavy atom. The molecule has 2 aromatic rings. The number of carbonyl (C=O) groups excluding carboxylic acids is 1. The molecule has 76 valence electrons. The highest BCUT2D eigenvalue weighted by Gasteiger charge is 2.07. The molecule has 3 heteroatoms. The van der Waals surface area contributed by atoms with Crippen LogP contribution in [0.15, 0.2) is 24.3 Å². The van der Waals surface area contributed by atoms with Gasteiger partial charge in [-0.05, 0) is 32.0 Å². The van der Waals surface area contributed by atoms with Crippen molar-refractivity contribution in [3.8, 4) is 0 Å². The van der Waals surface area contributed by atoms with Crippen molar-refractivity contribution in [3.63, 3.8) is 0 Å². The Bertz CT molecular complexity index is 547. The average molecular weight is 200 g/mol. The van der Waals surface area contributed by atoms with Crippen LogP contribution in [0.1, 0.15) is 23.0 Å². The average Bonchev–Trinajstić information content (AvgIpc) is 2.15. The van der Waals surface area contributed by atoms with E-state index in [1.54, 1.807) is 6.92 Å². The number of hydrogen-bond acceptors (Lipinski definition) is 3. The van der Waals surface area contributed by atoms with Gasteiger partial charge >= 0.3 is 0 Å². The van der Waals surface area contributed by atoms with E-state index in [0.717, 1.165) is 16.6 Å². The molecule has 3 nitrogen and oxygen atoms in total. The van der Waals surface area contributed by atoms with Gasteiger partial charge in [0.1, 0.15) is 0 Å². The van der Waals surface area contributed by atoms with Crippen LogP contribution in [0.5, 0.6) is 0 Å². The molecule has 0 aliphatic rings. The molecule has 0 amide bonds. The van der Waals surface area contributed by atoms with Crippen LogP contribution in [-0.4, -0.2) is 10.8 Å². The Balaban J connectivity index is 2.76. The molecule has 2 rings (SSSR count). The first-order chi connectivity index (χ1) is 7.08. The number of rotatable bonds is 1. The van der Waals surface area contributed by atoms with Crippen LogP contribution in [0.3, 0.4) is 0 Å². The number of nitrogens with two attached hydrogens (primary N) is 1. The van der Waals surface area contributed by atoms with Crippen molar-refractivity contribution >= 4 is 22.4 Å². The number of nitrogen functional groups attached to an aromatic ring is 1. The molecule has 0 spiro atoms. The SMILES string of the molecule is CC(=O)c1cc2ccc(N)cc2nc1C. The van der Waals surface area contributed by atoms with Gasteiger partial charge < -0.3 is 5.73 Å². The van der Waals surface area contributed by atoms with Crippen LogP contribution >= 0.6 is 0 Å².